The molecule has 19 heavy (non-hydrogen) atoms. The number of amides is 1. The van der Waals surface area contributed by atoms with Crippen LogP contribution in [-0.4, -0.2) is 28.4 Å². The van der Waals surface area contributed by atoms with Gasteiger partial charge in [0, 0.05) is 17.3 Å². The molecule has 106 valence electrons. The first kappa shape index (κ1) is 15.8. The van der Waals surface area contributed by atoms with E-state index in [9.17, 15) is 4.79 Å². The van der Waals surface area contributed by atoms with Crippen LogP contribution in [0.3, 0.4) is 0 Å². The molecule has 1 aromatic rings. The first-order valence-corrected chi connectivity index (χ1v) is 7.56. The third kappa shape index (κ3) is 5.48. The van der Waals surface area contributed by atoms with Crippen LogP contribution in [-0.2, 0) is 0 Å². The Bertz CT molecular complexity index is 425. The van der Waals surface area contributed by atoms with Crippen LogP contribution in [0.4, 0.5) is 5.82 Å². The minimum Gasteiger partial charge on any atom is -0.350 e. The summed E-state index contributed by atoms with van der Waals surface area (Å²) < 4.78 is 0. The fraction of sp³-hybridized carbons (Fsp3) is 0.538. The van der Waals surface area contributed by atoms with Crippen molar-refractivity contribution in [3.05, 3.63) is 23.4 Å². The minimum atomic E-state index is -0.0870. The number of nitrogen functional groups attached to an aromatic ring is 1. The largest absolute Gasteiger partial charge is 0.350 e. The number of thioether (sulfide) groups is 1. The number of aromatic nitrogens is 1. The molecule has 0 aliphatic carbocycles. The Morgan fingerprint density at radius 3 is 2.89 bits per heavy atom. The molecule has 0 saturated carbocycles. The highest BCUT2D eigenvalue weighted by Gasteiger charge is 2.11. The summed E-state index contributed by atoms with van der Waals surface area (Å²) in [7, 11) is 0. The number of carbonyl (C=O) groups is 1. The summed E-state index contributed by atoms with van der Waals surface area (Å²) in [5.41, 5.74) is 3.80. The number of nitrogens with zero attached hydrogens (tertiary/aromatic N) is 1. The molecule has 1 aromatic heterocycles. The summed E-state index contributed by atoms with van der Waals surface area (Å²) in [5, 5.41) is 2.98. The topological polar surface area (TPSA) is 80.0 Å². The van der Waals surface area contributed by atoms with E-state index in [1.54, 1.807) is 12.1 Å². The molecule has 0 aliphatic heterocycles. The SMILES string of the molecule is CCSCCC(C)NC(=O)c1cc(C)nc(NN)c1. The van der Waals surface area contributed by atoms with Crippen LogP contribution >= 0.6 is 11.8 Å². The van der Waals surface area contributed by atoms with E-state index in [-0.39, 0.29) is 11.9 Å². The molecule has 1 heterocycles. The molecule has 0 radical (unpaired) electrons. The van der Waals surface area contributed by atoms with Crippen LogP contribution < -0.4 is 16.6 Å². The van der Waals surface area contributed by atoms with Gasteiger partial charge in [-0.3, -0.25) is 4.79 Å². The quantitative estimate of drug-likeness (QED) is 0.404. The summed E-state index contributed by atoms with van der Waals surface area (Å²) >= 11 is 1.88. The van der Waals surface area contributed by atoms with Crippen LogP contribution in [0.5, 0.6) is 0 Å². The summed E-state index contributed by atoms with van der Waals surface area (Å²) in [4.78, 5) is 16.2. The van der Waals surface area contributed by atoms with Gasteiger partial charge < -0.3 is 10.7 Å². The molecule has 6 heteroatoms. The number of nitrogens with one attached hydrogen (secondary N) is 2. The van der Waals surface area contributed by atoms with Crippen LogP contribution in [0.15, 0.2) is 12.1 Å². The highest BCUT2D eigenvalue weighted by Crippen LogP contribution is 2.10. The highest BCUT2D eigenvalue weighted by atomic mass is 32.2. The third-order valence-electron chi connectivity index (χ3n) is 2.64. The fourth-order valence-electron chi connectivity index (χ4n) is 1.66. The molecular weight excluding hydrogens is 260 g/mol. The smallest absolute Gasteiger partial charge is 0.251 e. The van der Waals surface area contributed by atoms with Crippen molar-refractivity contribution in [3.8, 4) is 0 Å². The molecule has 0 aliphatic rings. The summed E-state index contributed by atoms with van der Waals surface area (Å²) in [6, 6.07) is 3.56. The predicted molar refractivity (Wildman–Crippen MR) is 81.3 cm³/mol. The normalized spacial score (nSPS) is 12.0. The summed E-state index contributed by atoms with van der Waals surface area (Å²) in [6.07, 6.45) is 0.969. The van der Waals surface area contributed by atoms with Gasteiger partial charge in [-0.1, -0.05) is 6.92 Å². The van der Waals surface area contributed by atoms with Gasteiger partial charge in [-0.2, -0.15) is 11.8 Å². The average molecular weight is 282 g/mol. The maximum Gasteiger partial charge on any atom is 0.251 e. The molecule has 1 amide bonds. The number of hydrogen-bond donors (Lipinski definition) is 3. The molecule has 0 aromatic carbocycles. The van der Waals surface area contributed by atoms with E-state index in [2.05, 4.69) is 22.7 Å². The van der Waals surface area contributed by atoms with Gasteiger partial charge in [0.05, 0.1) is 0 Å². The highest BCUT2D eigenvalue weighted by molar-refractivity contribution is 7.99. The second-order valence-corrected chi connectivity index (χ2v) is 5.78. The van der Waals surface area contributed by atoms with Gasteiger partial charge in [0.1, 0.15) is 5.82 Å². The minimum absolute atomic E-state index is 0.0870. The van der Waals surface area contributed by atoms with E-state index in [1.165, 1.54) is 0 Å². The van der Waals surface area contributed by atoms with Crippen molar-refractivity contribution in [2.24, 2.45) is 5.84 Å². The molecule has 1 unspecified atom stereocenters. The van der Waals surface area contributed by atoms with Crippen LogP contribution in [0.25, 0.3) is 0 Å². The van der Waals surface area contributed by atoms with Crippen LogP contribution in [0.2, 0.25) is 0 Å². The van der Waals surface area contributed by atoms with Gasteiger partial charge in [0.25, 0.3) is 5.91 Å². The second kappa shape index (κ2) is 8.01. The number of rotatable bonds is 7. The number of pyridine rings is 1. The standard InChI is InChI=1S/C13H22N4OS/c1-4-19-6-5-9(2)16-13(18)11-7-10(3)15-12(8-11)17-14/h7-9H,4-6,14H2,1-3H3,(H,15,17)(H,16,18). The molecule has 5 nitrogen and oxygen atoms in total. The van der Waals surface area contributed by atoms with Gasteiger partial charge in [-0.25, -0.2) is 10.8 Å². The fourth-order valence-corrected chi connectivity index (χ4v) is 2.47. The molecule has 1 atom stereocenters. The number of aryl methyl sites for hydroxylation is 1. The Hall–Kier alpha value is -1.27. The third-order valence-corrected chi connectivity index (χ3v) is 3.57. The van der Waals surface area contributed by atoms with Gasteiger partial charge in [-0.05, 0) is 43.9 Å². The van der Waals surface area contributed by atoms with E-state index < -0.39 is 0 Å². The molecule has 1 rings (SSSR count). The predicted octanol–water partition coefficient (Wildman–Crippen LogP) is 1.94. The zero-order valence-corrected chi connectivity index (χ0v) is 12.5. The number of carbonyl (C=O) groups excluding carboxylic acids is 1. The molecule has 0 saturated heterocycles. The zero-order valence-electron chi connectivity index (χ0n) is 11.7. The van der Waals surface area contributed by atoms with E-state index >= 15 is 0 Å². The first-order chi connectivity index (χ1) is 9.06. The average Bonchev–Trinajstić information content (AvgIpc) is 2.38. The molecule has 0 bridgehead atoms. The van der Waals surface area contributed by atoms with E-state index in [0.29, 0.717) is 11.4 Å². The van der Waals surface area contributed by atoms with Crippen molar-refractivity contribution in [1.29, 1.82) is 0 Å². The maximum absolute atomic E-state index is 12.1. The second-order valence-electron chi connectivity index (χ2n) is 4.39. The zero-order chi connectivity index (χ0) is 14.3. The Morgan fingerprint density at radius 1 is 1.53 bits per heavy atom. The van der Waals surface area contributed by atoms with E-state index in [4.69, 9.17) is 5.84 Å². The van der Waals surface area contributed by atoms with E-state index in [1.807, 2.05) is 25.6 Å². The van der Waals surface area contributed by atoms with E-state index in [0.717, 1.165) is 23.6 Å². The monoisotopic (exact) mass is 282 g/mol. The van der Waals surface area contributed by atoms with Crippen molar-refractivity contribution >= 4 is 23.5 Å². The van der Waals surface area contributed by atoms with Crippen molar-refractivity contribution in [3.63, 3.8) is 0 Å². The first-order valence-electron chi connectivity index (χ1n) is 6.40. The van der Waals surface area contributed by atoms with Crippen LogP contribution in [0.1, 0.15) is 36.3 Å². The summed E-state index contributed by atoms with van der Waals surface area (Å²) in [6.45, 7) is 5.98. The van der Waals surface area contributed by atoms with Gasteiger partial charge >= 0.3 is 0 Å². The number of anilines is 1. The number of nitrogens with two attached hydrogens (primary N) is 1. The number of hydrazine groups is 1. The van der Waals surface area contributed by atoms with Crippen molar-refractivity contribution < 1.29 is 4.79 Å². The Balaban J connectivity index is 2.59. The Labute approximate surface area is 118 Å². The van der Waals surface area contributed by atoms with Crippen molar-refractivity contribution in [1.82, 2.24) is 10.3 Å². The van der Waals surface area contributed by atoms with Crippen molar-refractivity contribution in [2.45, 2.75) is 33.2 Å². The summed E-state index contributed by atoms with van der Waals surface area (Å²) in [5.74, 6) is 7.90. The number of hydrogen-bond acceptors (Lipinski definition) is 5. The Kier molecular flexibility index (Phi) is 6.66. The van der Waals surface area contributed by atoms with Gasteiger partial charge in [0.2, 0.25) is 0 Å². The molecule has 4 N–H and O–H groups in total. The van der Waals surface area contributed by atoms with Gasteiger partial charge in [-0.15, -0.1) is 0 Å². The molecule has 0 spiro atoms. The lowest BCUT2D eigenvalue weighted by molar-refractivity contribution is 0.0939. The Morgan fingerprint density at radius 2 is 2.26 bits per heavy atom. The van der Waals surface area contributed by atoms with Gasteiger partial charge in [0.15, 0.2) is 0 Å². The maximum atomic E-state index is 12.1. The lowest BCUT2D eigenvalue weighted by atomic mass is 10.2. The molecular formula is C13H22N4OS. The van der Waals surface area contributed by atoms with Crippen molar-refractivity contribution in [2.75, 3.05) is 16.9 Å². The van der Waals surface area contributed by atoms with Crippen LogP contribution in [0, 0.1) is 6.92 Å². The molecule has 0 fully saturated rings. The lowest BCUT2D eigenvalue weighted by Gasteiger charge is -2.14. The lowest BCUT2D eigenvalue weighted by Crippen LogP contribution is -2.33.